The lowest BCUT2D eigenvalue weighted by Crippen LogP contribution is -2.10. The first-order valence-electron chi connectivity index (χ1n) is 17.4. The van der Waals surface area contributed by atoms with E-state index in [0.29, 0.717) is 11.8 Å². The minimum Gasteiger partial charge on any atom is -0.307 e. The number of rotatable bonds is 5. The highest BCUT2D eigenvalue weighted by Crippen LogP contribution is 2.43. The van der Waals surface area contributed by atoms with Gasteiger partial charge in [-0.2, -0.15) is 0 Å². The van der Waals surface area contributed by atoms with Crippen molar-refractivity contribution in [3.05, 3.63) is 175 Å². The first kappa shape index (κ1) is 29.3. The molecule has 0 spiro atoms. The van der Waals surface area contributed by atoms with Crippen LogP contribution in [0.15, 0.2) is 164 Å². The lowest BCUT2D eigenvalue weighted by molar-refractivity contribution is 0.634. The minimum atomic E-state index is 0.303. The van der Waals surface area contributed by atoms with Crippen molar-refractivity contribution in [2.75, 3.05) is 0 Å². The van der Waals surface area contributed by atoms with Gasteiger partial charge in [-0.15, -0.1) is 0 Å². The molecular weight excluding hydrogens is 593 g/mol. The normalized spacial score (nSPS) is 16.4. The van der Waals surface area contributed by atoms with Crippen molar-refractivity contribution < 1.29 is 0 Å². The standard InChI is InChI=1S/C47H38N2/c1-4-31(2)38-27-26-36(30-43(38)37-17-9-8-14-32(37)3)49-45-21-13-11-19-40(45)42-29-28-41-39-18-10-12-20-44(39)48(46(41)47(42)49)35-24-22-34(23-25-35)33-15-6-5-7-16-33/h4-30,32,37H,1-3H3/b31-4-. The van der Waals surface area contributed by atoms with Crippen molar-refractivity contribution in [1.82, 2.24) is 9.13 Å². The van der Waals surface area contributed by atoms with Gasteiger partial charge in [0.05, 0.1) is 22.1 Å². The van der Waals surface area contributed by atoms with E-state index in [1.54, 1.807) is 0 Å². The predicted octanol–water partition coefficient (Wildman–Crippen LogP) is 12.8. The number of hydrogen-bond donors (Lipinski definition) is 0. The van der Waals surface area contributed by atoms with Crippen LogP contribution in [-0.2, 0) is 0 Å². The van der Waals surface area contributed by atoms with Crippen molar-refractivity contribution in [3.63, 3.8) is 0 Å². The summed E-state index contributed by atoms with van der Waals surface area (Å²) in [6, 6.07) is 49.2. The fourth-order valence-electron chi connectivity index (χ4n) is 8.06. The molecule has 1 aliphatic carbocycles. The molecule has 2 heterocycles. The van der Waals surface area contributed by atoms with Crippen LogP contribution >= 0.6 is 0 Å². The second kappa shape index (κ2) is 11.7. The molecule has 1 aliphatic rings. The second-order valence-electron chi connectivity index (χ2n) is 13.4. The molecular formula is C47H38N2. The van der Waals surface area contributed by atoms with Gasteiger partial charge in [0.15, 0.2) is 0 Å². The number of benzene rings is 6. The Kier molecular flexibility index (Phi) is 6.98. The Morgan fingerprint density at radius 2 is 1.10 bits per heavy atom. The van der Waals surface area contributed by atoms with Crippen LogP contribution in [0, 0.1) is 5.92 Å². The molecule has 0 N–H and O–H groups in total. The predicted molar refractivity (Wildman–Crippen MR) is 210 cm³/mol. The van der Waals surface area contributed by atoms with Crippen molar-refractivity contribution >= 4 is 49.2 Å². The van der Waals surface area contributed by atoms with Gasteiger partial charge in [-0.25, -0.2) is 0 Å². The van der Waals surface area contributed by atoms with Crippen LogP contribution < -0.4 is 0 Å². The summed E-state index contributed by atoms with van der Waals surface area (Å²) in [5.74, 6) is 0.715. The van der Waals surface area contributed by atoms with Crippen LogP contribution in [0.3, 0.4) is 0 Å². The topological polar surface area (TPSA) is 9.86 Å². The van der Waals surface area contributed by atoms with Crippen molar-refractivity contribution in [1.29, 1.82) is 0 Å². The molecule has 0 radical (unpaired) electrons. The van der Waals surface area contributed by atoms with E-state index in [-0.39, 0.29) is 0 Å². The fraction of sp³-hybridized carbons (Fsp3) is 0.106. The maximum atomic E-state index is 2.52. The van der Waals surface area contributed by atoms with Crippen LogP contribution in [0.1, 0.15) is 37.8 Å². The smallest absolute Gasteiger partial charge is 0.0788 e. The highest BCUT2D eigenvalue weighted by Gasteiger charge is 2.24. The number of nitrogens with zero attached hydrogens (tertiary/aromatic N) is 2. The van der Waals surface area contributed by atoms with Crippen molar-refractivity contribution in [2.45, 2.75) is 26.7 Å². The SMILES string of the molecule is C/C=C(/C)c1ccc(-n2c3ccccc3c3ccc4c5ccccc5n(-c5ccc(-c6ccccc6)cc5)c4c32)cc1C1C=CC=CC1C. The molecule has 2 atom stereocenters. The first-order valence-corrected chi connectivity index (χ1v) is 17.4. The van der Waals surface area contributed by atoms with Crippen LogP contribution in [0.25, 0.3) is 71.7 Å². The van der Waals surface area contributed by atoms with Gasteiger partial charge in [0.1, 0.15) is 0 Å². The molecule has 0 fully saturated rings. The fourth-order valence-corrected chi connectivity index (χ4v) is 8.06. The van der Waals surface area contributed by atoms with Crippen molar-refractivity contribution in [2.24, 2.45) is 5.92 Å². The number of aromatic nitrogens is 2. The Bertz CT molecular complexity index is 2620. The average molecular weight is 631 g/mol. The van der Waals surface area contributed by atoms with Crippen LogP contribution in [0.4, 0.5) is 0 Å². The lowest BCUT2D eigenvalue weighted by Gasteiger charge is -2.25. The van der Waals surface area contributed by atoms with Gasteiger partial charge in [-0.3, -0.25) is 0 Å². The second-order valence-corrected chi connectivity index (χ2v) is 13.4. The zero-order chi connectivity index (χ0) is 33.1. The summed E-state index contributed by atoms with van der Waals surface area (Å²) < 4.78 is 5.00. The molecule has 0 saturated heterocycles. The van der Waals surface area contributed by atoms with E-state index in [0.717, 1.165) is 5.69 Å². The zero-order valence-corrected chi connectivity index (χ0v) is 28.1. The molecule has 6 aromatic carbocycles. The Labute approximate surface area is 287 Å². The summed E-state index contributed by atoms with van der Waals surface area (Å²) in [6.07, 6.45) is 11.3. The quantitative estimate of drug-likeness (QED) is 0.179. The van der Waals surface area contributed by atoms with E-state index in [4.69, 9.17) is 0 Å². The third-order valence-electron chi connectivity index (χ3n) is 10.6. The maximum absolute atomic E-state index is 2.52. The summed E-state index contributed by atoms with van der Waals surface area (Å²) in [6.45, 7) is 6.71. The summed E-state index contributed by atoms with van der Waals surface area (Å²) in [4.78, 5) is 0. The molecule has 2 unspecified atom stereocenters. The molecule has 0 aliphatic heterocycles. The molecule has 8 aromatic rings. The molecule has 2 heteroatoms. The van der Waals surface area contributed by atoms with Gasteiger partial charge < -0.3 is 9.13 Å². The van der Waals surface area contributed by atoms with E-state index in [1.807, 2.05) is 0 Å². The third kappa shape index (κ3) is 4.63. The Hall–Kier alpha value is -5.86. The Balaban J connectivity index is 1.38. The van der Waals surface area contributed by atoms with E-state index in [1.165, 1.54) is 77.1 Å². The number of para-hydroxylation sites is 2. The summed E-state index contributed by atoms with van der Waals surface area (Å²) in [5.41, 5.74) is 13.7. The van der Waals surface area contributed by atoms with Gasteiger partial charge in [0.2, 0.25) is 0 Å². The van der Waals surface area contributed by atoms with Gasteiger partial charge in [-0.1, -0.05) is 134 Å². The van der Waals surface area contributed by atoms with E-state index in [2.05, 4.69) is 194 Å². The Morgan fingerprint density at radius 3 is 1.73 bits per heavy atom. The molecule has 0 bridgehead atoms. The van der Waals surface area contributed by atoms with E-state index in [9.17, 15) is 0 Å². The highest BCUT2D eigenvalue weighted by atomic mass is 15.0. The summed E-state index contributed by atoms with van der Waals surface area (Å²) in [5, 5.41) is 5.04. The number of allylic oxidation sites excluding steroid dienone is 6. The van der Waals surface area contributed by atoms with E-state index >= 15 is 0 Å². The molecule has 0 amide bonds. The summed E-state index contributed by atoms with van der Waals surface area (Å²) in [7, 11) is 0. The minimum absolute atomic E-state index is 0.303. The molecule has 2 nitrogen and oxygen atoms in total. The van der Waals surface area contributed by atoms with E-state index < -0.39 is 0 Å². The largest absolute Gasteiger partial charge is 0.307 e. The van der Waals surface area contributed by atoms with Crippen molar-refractivity contribution in [3.8, 4) is 22.5 Å². The van der Waals surface area contributed by atoms with Crippen LogP contribution in [0.2, 0.25) is 0 Å². The molecule has 2 aromatic heterocycles. The molecule has 0 saturated carbocycles. The monoisotopic (exact) mass is 630 g/mol. The first-order chi connectivity index (χ1) is 24.1. The van der Waals surface area contributed by atoms with Gasteiger partial charge in [-0.05, 0) is 84.0 Å². The van der Waals surface area contributed by atoms with Crippen LogP contribution in [0.5, 0.6) is 0 Å². The number of hydrogen-bond acceptors (Lipinski definition) is 0. The maximum Gasteiger partial charge on any atom is 0.0788 e. The zero-order valence-electron chi connectivity index (χ0n) is 28.1. The average Bonchev–Trinajstić information content (AvgIpc) is 3.68. The molecule has 49 heavy (non-hydrogen) atoms. The third-order valence-corrected chi connectivity index (χ3v) is 10.6. The molecule has 236 valence electrons. The van der Waals surface area contributed by atoms with Gasteiger partial charge in [0.25, 0.3) is 0 Å². The lowest BCUT2D eigenvalue weighted by atomic mass is 9.80. The number of fused-ring (bicyclic) bond motifs is 7. The Morgan fingerprint density at radius 1 is 0.551 bits per heavy atom. The van der Waals surface area contributed by atoms with Crippen LogP contribution in [-0.4, -0.2) is 9.13 Å². The van der Waals surface area contributed by atoms with Gasteiger partial charge >= 0.3 is 0 Å². The highest BCUT2D eigenvalue weighted by molar-refractivity contribution is 6.23. The summed E-state index contributed by atoms with van der Waals surface area (Å²) >= 11 is 0. The van der Waals surface area contributed by atoms with Gasteiger partial charge in [0, 0.05) is 38.8 Å². The molecule has 9 rings (SSSR count).